The van der Waals surface area contributed by atoms with Gasteiger partial charge in [-0.15, -0.1) is 0 Å². The van der Waals surface area contributed by atoms with Crippen molar-refractivity contribution in [2.75, 3.05) is 36.7 Å². The van der Waals surface area contributed by atoms with Crippen LogP contribution < -0.4 is 4.90 Å². The number of ether oxygens (including phenoxy) is 1. The van der Waals surface area contributed by atoms with E-state index >= 15 is 0 Å². The van der Waals surface area contributed by atoms with Gasteiger partial charge in [-0.2, -0.15) is 13.2 Å². The Bertz CT molecular complexity index is 832. The lowest BCUT2D eigenvalue weighted by molar-refractivity contribution is -0.137. The van der Waals surface area contributed by atoms with Crippen LogP contribution in [0.1, 0.15) is 5.56 Å². The standard InChI is InChI=1S/C15H16ClF3N2O3S2/c1-24-5-4-20-12-7-26(22,23)8-13(12)21(14(20)25)11-6-9(15(17,18)19)2-3-10(11)16/h2-3,6,12-13H,4-5,7-8H2,1H3/t12-,13+/m0/s1. The highest BCUT2D eigenvalue weighted by Crippen LogP contribution is 2.41. The van der Waals surface area contributed by atoms with Gasteiger partial charge < -0.3 is 14.5 Å². The van der Waals surface area contributed by atoms with Crippen molar-refractivity contribution < 1.29 is 26.3 Å². The molecule has 0 radical (unpaired) electrons. The fourth-order valence-electron chi connectivity index (χ4n) is 3.38. The third-order valence-electron chi connectivity index (χ3n) is 4.55. The minimum absolute atomic E-state index is 0.0681. The van der Waals surface area contributed by atoms with Crippen molar-refractivity contribution in [1.82, 2.24) is 4.90 Å². The summed E-state index contributed by atoms with van der Waals surface area (Å²) in [6.07, 6.45) is -4.54. The third-order valence-corrected chi connectivity index (χ3v) is 7.00. The monoisotopic (exact) mass is 428 g/mol. The first-order valence-electron chi connectivity index (χ1n) is 7.71. The molecule has 2 fully saturated rings. The molecule has 26 heavy (non-hydrogen) atoms. The maximum atomic E-state index is 13.1. The highest BCUT2D eigenvalue weighted by Gasteiger charge is 2.52. The number of methoxy groups -OCH3 is 1. The van der Waals surface area contributed by atoms with Gasteiger partial charge in [-0.05, 0) is 30.4 Å². The number of benzene rings is 1. The number of fused-ring (bicyclic) bond motifs is 1. The molecular weight excluding hydrogens is 413 g/mol. The summed E-state index contributed by atoms with van der Waals surface area (Å²) < 4.78 is 68.6. The Labute approximate surface area is 159 Å². The molecule has 2 saturated heterocycles. The van der Waals surface area contributed by atoms with Crippen LogP contribution in [0.3, 0.4) is 0 Å². The molecule has 0 aliphatic carbocycles. The molecule has 0 saturated carbocycles. The molecule has 2 aliphatic heterocycles. The van der Waals surface area contributed by atoms with Crippen molar-refractivity contribution >= 4 is 44.5 Å². The highest BCUT2D eigenvalue weighted by molar-refractivity contribution is 7.91. The van der Waals surface area contributed by atoms with E-state index in [0.29, 0.717) is 13.2 Å². The smallest absolute Gasteiger partial charge is 0.383 e. The summed E-state index contributed by atoms with van der Waals surface area (Å²) in [5.41, 5.74) is -0.800. The highest BCUT2D eigenvalue weighted by atomic mass is 35.5. The summed E-state index contributed by atoms with van der Waals surface area (Å²) in [6.45, 7) is 0.659. The first-order valence-corrected chi connectivity index (χ1v) is 10.3. The third kappa shape index (κ3) is 3.51. The molecule has 0 unspecified atom stereocenters. The molecule has 2 atom stereocenters. The fourth-order valence-corrected chi connectivity index (χ4v) is 6.00. The van der Waals surface area contributed by atoms with E-state index in [1.807, 2.05) is 0 Å². The molecule has 1 aromatic rings. The van der Waals surface area contributed by atoms with E-state index in [9.17, 15) is 21.6 Å². The van der Waals surface area contributed by atoms with Crippen molar-refractivity contribution in [3.63, 3.8) is 0 Å². The lowest BCUT2D eigenvalue weighted by Gasteiger charge is -2.26. The van der Waals surface area contributed by atoms with Gasteiger partial charge in [-0.3, -0.25) is 0 Å². The molecule has 1 aromatic carbocycles. The first-order chi connectivity index (χ1) is 12.0. The minimum atomic E-state index is -4.54. The number of thiocarbonyl (C=S) groups is 1. The van der Waals surface area contributed by atoms with Gasteiger partial charge in [-0.1, -0.05) is 11.6 Å². The maximum Gasteiger partial charge on any atom is 0.416 e. The molecule has 2 aliphatic rings. The average Bonchev–Trinajstić information content (AvgIpc) is 2.95. The Morgan fingerprint density at radius 3 is 2.58 bits per heavy atom. The summed E-state index contributed by atoms with van der Waals surface area (Å²) in [6, 6.07) is 1.93. The van der Waals surface area contributed by atoms with Crippen molar-refractivity contribution in [2.24, 2.45) is 0 Å². The van der Waals surface area contributed by atoms with Crippen LogP contribution in [0, 0.1) is 0 Å². The Hall–Kier alpha value is -1.10. The number of nitrogens with zero attached hydrogens (tertiary/aromatic N) is 2. The number of hydrogen-bond donors (Lipinski definition) is 0. The molecule has 5 nitrogen and oxygen atoms in total. The SMILES string of the molecule is COCCN1C(=S)N(c2cc(C(F)(F)F)ccc2Cl)[C@@H]2CS(=O)(=O)C[C@@H]21. The Balaban J connectivity index is 2.05. The second-order valence-corrected chi connectivity index (χ2v) is 9.14. The van der Waals surface area contributed by atoms with Crippen molar-refractivity contribution in [3.05, 3.63) is 28.8 Å². The predicted octanol–water partition coefficient (Wildman–Crippen LogP) is 2.58. The first kappa shape index (κ1) is 19.7. The molecule has 11 heteroatoms. The fraction of sp³-hybridized carbons (Fsp3) is 0.533. The lowest BCUT2D eigenvalue weighted by Crippen LogP contribution is -2.39. The topological polar surface area (TPSA) is 49.9 Å². The number of rotatable bonds is 4. The van der Waals surface area contributed by atoms with E-state index in [1.165, 1.54) is 12.0 Å². The predicted molar refractivity (Wildman–Crippen MR) is 96.3 cm³/mol. The van der Waals surface area contributed by atoms with Crippen molar-refractivity contribution in [3.8, 4) is 0 Å². The number of hydrogen-bond acceptors (Lipinski definition) is 4. The van der Waals surface area contributed by atoms with Crippen LogP contribution in [0.2, 0.25) is 5.02 Å². The van der Waals surface area contributed by atoms with Gasteiger partial charge in [0.1, 0.15) is 0 Å². The number of sulfone groups is 1. The Morgan fingerprint density at radius 2 is 1.96 bits per heavy atom. The van der Waals surface area contributed by atoms with Crippen LogP contribution in [-0.2, 0) is 20.8 Å². The molecule has 3 rings (SSSR count). The molecule has 0 bridgehead atoms. The summed E-state index contributed by atoms with van der Waals surface area (Å²) in [7, 11) is -1.82. The van der Waals surface area contributed by atoms with E-state index < -0.39 is 33.7 Å². The molecule has 2 heterocycles. The summed E-state index contributed by atoms with van der Waals surface area (Å²) in [5.74, 6) is -0.289. The lowest BCUT2D eigenvalue weighted by atomic mass is 10.1. The van der Waals surface area contributed by atoms with E-state index in [0.717, 1.165) is 18.2 Å². The molecule has 144 valence electrons. The van der Waals surface area contributed by atoms with E-state index in [1.54, 1.807) is 4.90 Å². The zero-order valence-corrected chi connectivity index (χ0v) is 16.1. The Morgan fingerprint density at radius 1 is 1.31 bits per heavy atom. The zero-order chi connectivity index (χ0) is 19.3. The van der Waals surface area contributed by atoms with Crippen LogP contribution in [0.25, 0.3) is 0 Å². The van der Waals surface area contributed by atoms with Gasteiger partial charge in [0.05, 0.1) is 46.5 Å². The second-order valence-electron chi connectivity index (χ2n) is 6.21. The molecule has 0 spiro atoms. The van der Waals surface area contributed by atoms with Crippen LogP contribution in [0.5, 0.6) is 0 Å². The zero-order valence-electron chi connectivity index (χ0n) is 13.7. The summed E-state index contributed by atoms with van der Waals surface area (Å²) >= 11 is 11.6. The van der Waals surface area contributed by atoms with Gasteiger partial charge in [0.25, 0.3) is 0 Å². The summed E-state index contributed by atoms with van der Waals surface area (Å²) in [5, 5.41) is 0.338. The van der Waals surface area contributed by atoms with Gasteiger partial charge in [0.15, 0.2) is 14.9 Å². The molecular formula is C15H16ClF3N2O3S2. The van der Waals surface area contributed by atoms with Gasteiger partial charge >= 0.3 is 6.18 Å². The van der Waals surface area contributed by atoms with Gasteiger partial charge in [0, 0.05) is 13.7 Å². The minimum Gasteiger partial charge on any atom is -0.383 e. The van der Waals surface area contributed by atoms with E-state index in [2.05, 4.69) is 0 Å². The normalized spacial score (nSPS) is 25.0. The molecule has 0 aromatic heterocycles. The largest absolute Gasteiger partial charge is 0.416 e. The van der Waals surface area contributed by atoms with Crippen molar-refractivity contribution in [1.29, 1.82) is 0 Å². The number of alkyl halides is 3. The van der Waals surface area contributed by atoms with E-state index in [4.69, 9.17) is 28.6 Å². The Kier molecular flexibility index (Phi) is 5.15. The number of halogens is 4. The van der Waals surface area contributed by atoms with E-state index in [-0.39, 0.29) is 27.3 Å². The average molecular weight is 429 g/mol. The van der Waals surface area contributed by atoms with Gasteiger partial charge in [0.2, 0.25) is 0 Å². The number of anilines is 1. The van der Waals surface area contributed by atoms with Crippen LogP contribution in [0.4, 0.5) is 18.9 Å². The van der Waals surface area contributed by atoms with Crippen molar-refractivity contribution in [2.45, 2.75) is 18.3 Å². The quantitative estimate of drug-likeness (QED) is 0.687. The second kappa shape index (κ2) is 6.81. The van der Waals surface area contributed by atoms with Crippen LogP contribution in [0.15, 0.2) is 18.2 Å². The summed E-state index contributed by atoms with van der Waals surface area (Å²) in [4.78, 5) is 3.14. The maximum absolute atomic E-state index is 13.1. The molecule has 0 N–H and O–H groups in total. The molecule has 0 amide bonds. The van der Waals surface area contributed by atoms with Crippen LogP contribution in [-0.4, -0.2) is 62.3 Å². The van der Waals surface area contributed by atoms with Gasteiger partial charge in [-0.25, -0.2) is 8.42 Å². The van der Waals surface area contributed by atoms with Crippen LogP contribution >= 0.6 is 23.8 Å².